The average Bonchev–Trinajstić information content (AvgIpc) is 2.52. The Bertz CT molecular complexity index is 310. The van der Waals surface area contributed by atoms with Crippen molar-refractivity contribution in [3.05, 3.63) is 24.3 Å². The summed E-state index contributed by atoms with van der Waals surface area (Å²) in [5.74, 6) is 0.485. The first kappa shape index (κ1) is 13.5. The molecular formula is C11H18FN3. The Labute approximate surface area is 89.9 Å². The summed E-state index contributed by atoms with van der Waals surface area (Å²) in [6.07, 6.45) is 4.10. The van der Waals surface area contributed by atoms with Gasteiger partial charge in [-0.3, -0.25) is 0 Å². The lowest BCUT2D eigenvalue weighted by Crippen LogP contribution is -1.85. The Morgan fingerprint density at radius 3 is 2.40 bits per heavy atom. The van der Waals surface area contributed by atoms with Crippen LogP contribution < -0.4 is 0 Å². The molecule has 1 aromatic rings. The second-order valence-electron chi connectivity index (χ2n) is 3.85. The maximum absolute atomic E-state index is 12.8. The van der Waals surface area contributed by atoms with Crippen molar-refractivity contribution in [3.63, 3.8) is 0 Å². The number of rotatable bonds is 2. The molecule has 0 aromatic carbocycles. The van der Waals surface area contributed by atoms with Crippen molar-refractivity contribution in [1.82, 2.24) is 9.97 Å². The van der Waals surface area contributed by atoms with Gasteiger partial charge in [0.25, 0.3) is 0 Å². The van der Waals surface area contributed by atoms with E-state index in [0.717, 1.165) is 12.0 Å². The normalized spacial score (nSPS) is 10.9. The number of halogens is 1. The monoisotopic (exact) mass is 211 g/mol. The predicted octanol–water partition coefficient (Wildman–Crippen LogP) is 3.42. The molecule has 0 unspecified atom stereocenters. The van der Waals surface area contributed by atoms with Crippen molar-refractivity contribution in [2.45, 2.75) is 27.7 Å². The van der Waals surface area contributed by atoms with Crippen molar-refractivity contribution in [2.24, 2.45) is 5.92 Å². The molecule has 0 saturated carbocycles. The fourth-order valence-corrected chi connectivity index (χ4v) is 0.654. The third-order valence-electron chi connectivity index (χ3n) is 1.07. The molecule has 0 aliphatic carbocycles. The lowest BCUT2D eigenvalue weighted by Gasteiger charge is -1.89. The molecular weight excluding hydrogens is 193 g/mol. The molecule has 1 heterocycles. The Kier molecular flexibility index (Phi) is 6.25. The Morgan fingerprint density at radius 2 is 2.07 bits per heavy atom. The van der Waals surface area contributed by atoms with Crippen molar-refractivity contribution in [3.8, 4) is 0 Å². The molecule has 0 atom stereocenters. The Morgan fingerprint density at radius 1 is 1.53 bits per heavy atom. The number of imidazole rings is 1. The van der Waals surface area contributed by atoms with E-state index in [1.807, 2.05) is 0 Å². The minimum Gasteiger partial charge on any atom is -0.343 e. The number of aromatic nitrogens is 2. The highest BCUT2D eigenvalue weighted by Gasteiger charge is 2.00. The number of H-pyrrole nitrogens is 1. The number of nitrogens with one attached hydrogen (secondary N) is 2. The number of nitrogens with zero attached hydrogens (tertiary/aromatic N) is 1. The standard InChI is InChI=1S/C7H8FN3.C4H10/c1-5(9)4-6(8)7-10-2-3-11-7;1-4(2)3/h2-4,9H,1H3,(H,10,11);4H,1-3H3/b6-4+,9-5?;. The van der Waals surface area contributed by atoms with Crippen molar-refractivity contribution in [2.75, 3.05) is 0 Å². The van der Waals surface area contributed by atoms with Crippen LogP contribution in [0.2, 0.25) is 0 Å². The van der Waals surface area contributed by atoms with E-state index >= 15 is 0 Å². The van der Waals surface area contributed by atoms with E-state index in [1.165, 1.54) is 19.3 Å². The summed E-state index contributed by atoms with van der Waals surface area (Å²) in [4.78, 5) is 6.26. The third-order valence-corrected chi connectivity index (χ3v) is 1.07. The highest BCUT2D eigenvalue weighted by atomic mass is 19.1. The van der Waals surface area contributed by atoms with Crippen LogP contribution in [-0.4, -0.2) is 15.7 Å². The van der Waals surface area contributed by atoms with Gasteiger partial charge in [-0.2, -0.15) is 0 Å². The summed E-state index contributed by atoms with van der Waals surface area (Å²) < 4.78 is 12.8. The van der Waals surface area contributed by atoms with Gasteiger partial charge in [0.05, 0.1) is 0 Å². The van der Waals surface area contributed by atoms with Gasteiger partial charge in [-0.25, -0.2) is 9.37 Å². The molecule has 2 N–H and O–H groups in total. The zero-order valence-corrected chi connectivity index (χ0v) is 9.63. The van der Waals surface area contributed by atoms with Gasteiger partial charge in [-0.15, -0.1) is 0 Å². The molecule has 0 radical (unpaired) electrons. The van der Waals surface area contributed by atoms with Crippen LogP contribution >= 0.6 is 0 Å². The van der Waals surface area contributed by atoms with E-state index in [4.69, 9.17) is 5.41 Å². The fourth-order valence-electron chi connectivity index (χ4n) is 0.654. The molecule has 0 saturated heterocycles. The van der Waals surface area contributed by atoms with Gasteiger partial charge < -0.3 is 10.4 Å². The second-order valence-corrected chi connectivity index (χ2v) is 3.85. The molecule has 0 amide bonds. The molecule has 0 bridgehead atoms. The first-order valence-electron chi connectivity index (χ1n) is 4.85. The van der Waals surface area contributed by atoms with Gasteiger partial charge in [-0.1, -0.05) is 20.8 Å². The lowest BCUT2D eigenvalue weighted by atomic mass is 10.3. The van der Waals surface area contributed by atoms with Crippen molar-refractivity contribution < 1.29 is 4.39 Å². The summed E-state index contributed by atoms with van der Waals surface area (Å²) in [5, 5.41) is 6.97. The molecule has 84 valence electrons. The van der Waals surface area contributed by atoms with Crippen LogP contribution in [0, 0.1) is 11.3 Å². The van der Waals surface area contributed by atoms with Crippen LogP contribution in [0.25, 0.3) is 5.83 Å². The number of hydrogen-bond donors (Lipinski definition) is 2. The zero-order valence-electron chi connectivity index (χ0n) is 9.63. The van der Waals surface area contributed by atoms with Crippen LogP contribution in [-0.2, 0) is 0 Å². The minimum atomic E-state index is -0.512. The average molecular weight is 211 g/mol. The zero-order chi connectivity index (χ0) is 11.8. The van der Waals surface area contributed by atoms with Crippen LogP contribution in [0.5, 0.6) is 0 Å². The molecule has 3 nitrogen and oxygen atoms in total. The summed E-state index contributed by atoms with van der Waals surface area (Å²) in [6, 6.07) is 0. The largest absolute Gasteiger partial charge is 0.343 e. The highest BCUT2D eigenvalue weighted by Crippen LogP contribution is 2.09. The van der Waals surface area contributed by atoms with Crippen LogP contribution in [0.4, 0.5) is 4.39 Å². The fraction of sp³-hybridized carbons (Fsp3) is 0.455. The van der Waals surface area contributed by atoms with Crippen LogP contribution in [0.15, 0.2) is 18.5 Å². The Balaban J connectivity index is 0.000000423. The minimum absolute atomic E-state index is 0.164. The van der Waals surface area contributed by atoms with Gasteiger partial charge in [0.1, 0.15) is 0 Å². The van der Waals surface area contributed by atoms with E-state index in [1.54, 1.807) is 0 Å². The predicted molar refractivity (Wildman–Crippen MR) is 61.6 cm³/mol. The lowest BCUT2D eigenvalue weighted by molar-refractivity contribution is 0.737. The molecule has 0 aliphatic heterocycles. The molecule has 0 fully saturated rings. The summed E-state index contributed by atoms with van der Waals surface area (Å²) in [6.45, 7) is 8.00. The Hall–Kier alpha value is -1.45. The molecule has 1 aromatic heterocycles. The smallest absolute Gasteiger partial charge is 0.167 e. The van der Waals surface area contributed by atoms with Gasteiger partial charge in [-0.05, 0) is 18.9 Å². The van der Waals surface area contributed by atoms with E-state index in [0.29, 0.717) is 0 Å². The summed E-state index contributed by atoms with van der Waals surface area (Å²) >= 11 is 0. The molecule has 0 aliphatic rings. The maximum Gasteiger partial charge on any atom is 0.167 e. The first-order valence-corrected chi connectivity index (χ1v) is 4.85. The number of aromatic amines is 1. The second kappa shape index (κ2) is 6.92. The highest BCUT2D eigenvalue weighted by molar-refractivity contribution is 5.95. The topological polar surface area (TPSA) is 52.5 Å². The number of hydrogen-bond acceptors (Lipinski definition) is 2. The molecule has 4 heteroatoms. The van der Waals surface area contributed by atoms with Crippen molar-refractivity contribution in [1.29, 1.82) is 5.41 Å². The first-order chi connectivity index (χ1) is 6.93. The van der Waals surface area contributed by atoms with E-state index in [9.17, 15) is 4.39 Å². The summed E-state index contributed by atoms with van der Waals surface area (Å²) in [5.41, 5.74) is 0.166. The van der Waals surface area contributed by atoms with Gasteiger partial charge in [0.15, 0.2) is 11.7 Å². The van der Waals surface area contributed by atoms with E-state index in [-0.39, 0.29) is 11.5 Å². The van der Waals surface area contributed by atoms with Gasteiger partial charge in [0, 0.05) is 18.1 Å². The quantitative estimate of drug-likeness (QED) is 0.723. The summed E-state index contributed by atoms with van der Waals surface area (Å²) in [7, 11) is 0. The van der Waals surface area contributed by atoms with Crippen LogP contribution in [0.1, 0.15) is 33.5 Å². The van der Waals surface area contributed by atoms with Crippen molar-refractivity contribution >= 4 is 11.5 Å². The SMILES string of the molecule is CC(=N)/C=C(/F)c1ncc[nH]1.CC(C)C. The number of allylic oxidation sites excluding steroid dienone is 1. The van der Waals surface area contributed by atoms with E-state index < -0.39 is 5.83 Å². The molecule has 1 rings (SSSR count). The maximum atomic E-state index is 12.8. The van der Waals surface area contributed by atoms with Crippen LogP contribution in [0.3, 0.4) is 0 Å². The van der Waals surface area contributed by atoms with E-state index in [2.05, 4.69) is 30.7 Å². The third kappa shape index (κ3) is 7.61. The molecule has 15 heavy (non-hydrogen) atoms. The molecule has 0 spiro atoms. The van der Waals surface area contributed by atoms with Gasteiger partial charge >= 0.3 is 0 Å². The van der Waals surface area contributed by atoms with Gasteiger partial charge in [0.2, 0.25) is 0 Å².